The van der Waals surface area contributed by atoms with Crippen LogP contribution in [0.3, 0.4) is 0 Å². The van der Waals surface area contributed by atoms with Crippen molar-refractivity contribution in [2.24, 2.45) is 0 Å². The van der Waals surface area contributed by atoms with Gasteiger partial charge in [0.05, 0.1) is 23.0 Å². The Morgan fingerprint density at radius 1 is 1.43 bits per heavy atom. The summed E-state index contributed by atoms with van der Waals surface area (Å²) >= 11 is 3.43. The highest BCUT2D eigenvalue weighted by atomic mass is 79.9. The first-order valence-corrected chi connectivity index (χ1v) is 7.46. The molecule has 0 atom stereocenters. The number of methoxy groups -OCH3 is 1. The topological polar surface area (TPSA) is 56.2 Å². The van der Waals surface area contributed by atoms with E-state index in [1.807, 2.05) is 39.0 Å². The first-order chi connectivity index (χ1) is 9.99. The summed E-state index contributed by atoms with van der Waals surface area (Å²) in [6, 6.07) is 5.63. The molecule has 112 valence electrons. The van der Waals surface area contributed by atoms with Crippen molar-refractivity contribution in [3.63, 3.8) is 0 Å². The highest BCUT2D eigenvalue weighted by Gasteiger charge is 2.21. The number of carbonyl (C=O) groups excluding carboxylic acids is 1. The number of anilines is 1. The minimum atomic E-state index is -0.211. The number of hydrogen-bond donors (Lipinski definition) is 1. The lowest BCUT2D eigenvalue weighted by molar-refractivity contribution is 0.101. The molecule has 0 aliphatic heterocycles. The lowest BCUT2D eigenvalue weighted by Gasteiger charge is -2.13. The molecule has 2 aromatic rings. The average molecular weight is 352 g/mol. The number of amides is 1. The van der Waals surface area contributed by atoms with E-state index in [0.29, 0.717) is 23.7 Å². The van der Waals surface area contributed by atoms with Gasteiger partial charge < -0.3 is 10.1 Å². The molecular weight excluding hydrogens is 334 g/mol. The molecule has 2 rings (SSSR count). The molecule has 0 aliphatic carbocycles. The standard InChI is InChI=1S/C15H18BrN3O2/c1-5-19-14(12(16)10(3)18-19)15(20)17-13-9(2)7-6-8-11(13)21-4/h6-8H,5H2,1-4H3,(H,17,20). The fourth-order valence-electron chi connectivity index (χ4n) is 2.15. The Kier molecular flexibility index (Phi) is 4.67. The van der Waals surface area contributed by atoms with E-state index in [-0.39, 0.29) is 5.91 Å². The molecule has 0 spiro atoms. The van der Waals surface area contributed by atoms with E-state index in [4.69, 9.17) is 4.74 Å². The van der Waals surface area contributed by atoms with Gasteiger partial charge in [-0.2, -0.15) is 5.10 Å². The van der Waals surface area contributed by atoms with Crippen LogP contribution in [-0.4, -0.2) is 22.8 Å². The lowest BCUT2D eigenvalue weighted by atomic mass is 10.2. The van der Waals surface area contributed by atoms with E-state index in [0.717, 1.165) is 15.7 Å². The van der Waals surface area contributed by atoms with Gasteiger partial charge in [0.2, 0.25) is 0 Å². The van der Waals surface area contributed by atoms with Crippen molar-refractivity contribution in [3.8, 4) is 5.75 Å². The van der Waals surface area contributed by atoms with Gasteiger partial charge in [0.1, 0.15) is 11.4 Å². The number of aromatic nitrogens is 2. The van der Waals surface area contributed by atoms with Crippen LogP contribution in [0.5, 0.6) is 5.75 Å². The molecule has 0 radical (unpaired) electrons. The van der Waals surface area contributed by atoms with Crippen LogP contribution in [0.25, 0.3) is 0 Å². The van der Waals surface area contributed by atoms with Gasteiger partial charge in [0.25, 0.3) is 5.91 Å². The van der Waals surface area contributed by atoms with Gasteiger partial charge in [0.15, 0.2) is 0 Å². The highest BCUT2D eigenvalue weighted by molar-refractivity contribution is 9.10. The molecule has 0 bridgehead atoms. The summed E-state index contributed by atoms with van der Waals surface area (Å²) in [4.78, 5) is 12.6. The number of nitrogens with zero attached hydrogens (tertiary/aromatic N) is 2. The van der Waals surface area contributed by atoms with E-state index in [2.05, 4.69) is 26.3 Å². The zero-order valence-corrected chi connectivity index (χ0v) is 14.1. The van der Waals surface area contributed by atoms with Gasteiger partial charge in [-0.05, 0) is 48.3 Å². The second-order valence-corrected chi connectivity index (χ2v) is 5.46. The SMILES string of the molecule is CCn1nc(C)c(Br)c1C(=O)Nc1c(C)cccc1OC. The Labute approximate surface area is 132 Å². The van der Waals surface area contributed by atoms with Crippen molar-refractivity contribution in [1.29, 1.82) is 0 Å². The molecule has 5 nitrogen and oxygen atoms in total. The van der Waals surface area contributed by atoms with Crippen LogP contribution in [0, 0.1) is 13.8 Å². The van der Waals surface area contributed by atoms with Gasteiger partial charge in [-0.3, -0.25) is 9.48 Å². The van der Waals surface area contributed by atoms with E-state index >= 15 is 0 Å². The molecule has 0 unspecified atom stereocenters. The molecule has 0 aliphatic rings. The number of hydrogen-bond acceptors (Lipinski definition) is 3. The van der Waals surface area contributed by atoms with Crippen LogP contribution in [0.2, 0.25) is 0 Å². The monoisotopic (exact) mass is 351 g/mol. The maximum absolute atomic E-state index is 12.6. The van der Waals surface area contributed by atoms with Crippen molar-refractivity contribution >= 4 is 27.5 Å². The smallest absolute Gasteiger partial charge is 0.275 e. The third-order valence-corrected chi connectivity index (χ3v) is 4.21. The number of ether oxygens (including phenoxy) is 1. The summed E-state index contributed by atoms with van der Waals surface area (Å²) in [6.07, 6.45) is 0. The van der Waals surface area contributed by atoms with Crippen LogP contribution in [-0.2, 0) is 6.54 Å². The number of halogens is 1. The number of rotatable bonds is 4. The largest absolute Gasteiger partial charge is 0.495 e. The predicted octanol–water partition coefficient (Wildman–Crippen LogP) is 3.54. The fraction of sp³-hybridized carbons (Fsp3) is 0.333. The Balaban J connectivity index is 2.40. The second kappa shape index (κ2) is 6.30. The molecular formula is C15H18BrN3O2. The summed E-state index contributed by atoms with van der Waals surface area (Å²) in [5, 5.41) is 7.25. The molecule has 1 aromatic carbocycles. The Morgan fingerprint density at radius 3 is 2.76 bits per heavy atom. The third-order valence-electron chi connectivity index (χ3n) is 3.26. The van der Waals surface area contributed by atoms with Crippen molar-refractivity contribution in [1.82, 2.24) is 9.78 Å². The maximum Gasteiger partial charge on any atom is 0.275 e. The molecule has 21 heavy (non-hydrogen) atoms. The normalized spacial score (nSPS) is 10.5. The minimum absolute atomic E-state index is 0.211. The van der Waals surface area contributed by atoms with E-state index < -0.39 is 0 Å². The summed E-state index contributed by atoms with van der Waals surface area (Å²) in [6.45, 7) is 6.36. The Bertz CT molecular complexity index is 680. The Morgan fingerprint density at radius 2 is 2.14 bits per heavy atom. The van der Waals surface area contributed by atoms with Crippen LogP contribution in [0.1, 0.15) is 28.7 Å². The van der Waals surface area contributed by atoms with Gasteiger partial charge in [-0.25, -0.2) is 0 Å². The predicted molar refractivity (Wildman–Crippen MR) is 86.0 cm³/mol. The first kappa shape index (κ1) is 15.6. The van der Waals surface area contributed by atoms with Gasteiger partial charge in [0, 0.05) is 6.54 Å². The molecule has 1 aromatic heterocycles. The van der Waals surface area contributed by atoms with Crippen LogP contribution in [0.15, 0.2) is 22.7 Å². The van der Waals surface area contributed by atoms with Crippen LogP contribution < -0.4 is 10.1 Å². The lowest BCUT2D eigenvalue weighted by Crippen LogP contribution is -2.19. The van der Waals surface area contributed by atoms with Crippen molar-refractivity contribution in [2.75, 3.05) is 12.4 Å². The molecule has 1 amide bonds. The molecule has 0 saturated heterocycles. The Hall–Kier alpha value is -1.82. The summed E-state index contributed by atoms with van der Waals surface area (Å²) in [7, 11) is 1.58. The van der Waals surface area contributed by atoms with Gasteiger partial charge in [-0.15, -0.1) is 0 Å². The highest BCUT2D eigenvalue weighted by Crippen LogP contribution is 2.29. The molecule has 0 saturated carbocycles. The van der Waals surface area contributed by atoms with Gasteiger partial charge >= 0.3 is 0 Å². The zero-order valence-electron chi connectivity index (χ0n) is 12.5. The fourth-order valence-corrected chi connectivity index (χ4v) is 2.61. The van der Waals surface area contributed by atoms with E-state index in [9.17, 15) is 4.79 Å². The maximum atomic E-state index is 12.6. The number of para-hydroxylation sites is 1. The quantitative estimate of drug-likeness (QED) is 0.916. The number of aryl methyl sites for hydroxylation is 3. The number of benzene rings is 1. The van der Waals surface area contributed by atoms with Crippen molar-refractivity contribution in [3.05, 3.63) is 39.6 Å². The summed E-state index contributed by atoms with van der Waals surface area (Å²) in [5.74, 6) is 0.427. The van der Waals surface area contributed by atoms with E-state index in [1.54, 1.807) is 11.8 Å². The molecule has 6 heteroatoms. The number of carbonyl (C=O) groups is 1. The van der Waals surface area contributed by atoms with Gasteiger partial charge in [-0.1, -0.05) is 12.1 Å². The van der Waals surface area contributed by atoms with Crippen LogP contribution in [0.4, 0.5) is 5.69 Å². The molecule has 0 fully saturated rings. The molecule has 1 N–H and O–H groups in total. The summed E-state index contributed by atoms with van der Waals surface area (Å²) < 4.78 is 7.70. The second-order valence-electron chi connectivity index (χ2n) is 4.67. The zero-order chi connectivity index (χ0) is 15.6. The average Bonchev–Trinajstić information content (AvgIpc) is 2.76. The number of nitrogens with one attached hydrogen (secondary N) is 1. The minimum Gasteiger partial charge on any atom is -0.495 e. The van der Waals surface area contributed by atoms with E-state index in [1.165, 1.54) is 0 Å². The summed E-state index contributed by atoms with van der Waals surface area (Å²) in [5.41, 5.74) is 2.93. The van der Waals surface area contributed by atoms with Crippen LogP contribution >= 0.6 is 15.9 Å². The molecule has 1 heterocycles. The third kappa shape index (κ3) is 2.95. The first-order valence-electron chi connectivity index (χ1n) is 6.67. The van der Waals surface area contributed by atoms with Crippen molar-refractivity contribution < 1.29 is 9.53 Å². The van der Waals surface area contributed by atoms with Crippen molar-refractivity contribution in [2.45, 2.75) is 27.3 Å².